The number of nitrogens with zero attached hydrogens (tertiary/aromatic N) is 5. The molecule has 0 saturated heterocycles. The molecule has 142 valence electrons. The standard InChI is InChI=1S/C20H16N8O/c1-2-16(29)24-13-6-11(8-21-10-13)12-7-14-17(27-28-18(14)23-9-12)20-25-15-4-3-5-22-19(15)26-20/h3-10H,2H2,1H3,(H,24,29)(H,22,25,26)(H,23,27,28). The number of hydrogen-bond donors (Lipinski definition) is 3. The minimum atomic E-state index is -0.0619. The molecule has 29 heavy (non-hydrogen) atoms. The molecule has 0 bridgehead atoms. The molecule has 0 aliphatic heterocycles. The normalized spacial score (nSPS) is 11.2. The Labute approximate surface area is 164 Å². The maximum absolute atomic E-state index is 11.7. The summed E-state index contributed by atoms with van der Waals surface area (Å²) in [4.78, 5) is 32.4. The van der Waals surface area contributed by atoms with Crippen molar-refractivity contribution in [2.45, 2.75) is 13.3 Å². The predicted molar refractivity (Wildman–Crippen MR) is 109 cm³/mol. The van der Waals surface area contributed by atoms with Crippen LogP contribution in [0.15, 0.2) is 49.1 Å². The van der Waals surface area contributed by atoms with Crippen molar-refractivity contribution in [3.8, 4) is 22.6 Å². The van der Waals surface area contributed by atoms with Crippen LogP contribution in [0.5, 0.6) is 0 Å². The Bertz CT molecular complexity index is 1320. The lowest BCUT2D eigenvalue weighted by Gasteiger charge is -2.06. The van der Waals surface area contributed by atoms with Gasteiger partial charge in [0, 0.05) is 36.1 Å². The van der Waals surface area contributed by atoms with Gasteiger partial charge in [-0.05, 0) is 24.3 Å². The average molecular weight is 384 g/mol. The summed E-state index contributed by atoms with van der Waals surface area (Å²) in [6.07, 6.45) is 7.21. The van der Waals surface area contributed by atoms with Crippen molar-refractivity contribution in [2.75, 3.05) is 5.32 Å². The monoisotopic (exact) mass is 384 g/mol. The number of rotatable bonds is 4. The second-order valence-electron chi connectivity index (χ2n) is 6.51. The lowest BCUT2D eigenvalue weighted by atomic mass is 10.1. The van der Waals surface area contributed by atoms with E-state index < -0.39 is 0 Å². The van der Waals surface area contributed by atoms with Crippen LogP contribution in [0.1, 0.15) is 13.3 Å². The van der Waals surface area contributed by atoms with Gasteiger partial charge in [0.15, 0.2) is 17.1 Å². The van der Waals surface area contributed by atoms with Crippen molar-refractivity contribution in [3.63, 3.8) is 0 Å². The van der Waals surface area contributed by atoms with E-state index in [1.54, 1.807) is 31.7 Å². The first-order valence-corrected chi connectivity index (χ1v) is 9.12. The van der Waals surface area contributed by atoms with Crippen molar-refractivity contribution in [1.82, 2.24) is 35.1 Å². The molecule has 0 spiro atoms. The van der Waals surface area contributed by atoms with Crippen LogP contribution < -0.4 is 5.32 Å². The maximum atomic E-state index is 11.7. The molecule has 5 aromatic rings. The summed E-state index contributed by atoms with van der Waals surface area (Å²) in [6, 6.07) is 7.58. The molecule has 0 aliphatic carbocycles. The fourth-order valence-corrected chi connectivity index (χ4v) is 3.11. The van der Waals surface area contributed by atoms with Crippen molar-refractivity contribution >= 4 is 33.8 Å². The summed E-state index contributed by atoms with van der Waals surface area (Å²) < 4.78 is 0. The number of pyridine rings is 3. The zero-order chi connectivity index (χ0) is 19.8. The molecule has 0 aromatic carbocycles. The van der Waals surface area contributed by atoms with E-state index in [0.717, 1.165) is 22.0 Å². The minimum Gasteiger partial charge on any atom is -0.325 e. The van der Waals surface area contributed by atoms with E-state index in [0.29, 0.717) is 34.9 Å². The number of amides is 1. The van der Waals surface area contributed by atoms with E-state index in [1.807, 2.05) is 24.3 Å². The topological polar surface area (TPSA) is 125 Å². The minimum absolute atomic E-state index is 0.0619. The molecular weight excluding hydrogens is 368 g/mol. The lowest BCUT2D eigenvalue weighted by Crippen LogP contribution is -2.09. The summed E-state index contributed by atoms with van der Waals surface area (Å²) in [5.41, 5.74) is 5.13. The number of fused-ring (bicyclic) bond motifs is 2. The van der Waals surface area contributed by atoms with Gasteiger partial charge in [0.2, 0.25) is 5.91 Å². The smallest absolute Gasteiger partial charge is 0.224 e. The van der Waals surface area contributed by atoms with Gasteiger partial charge in [0.1, 0.15) is 11.2 Å². The van der Waals surface area contributed by atoms with Gasteiger partial charge < -0.3 is 10.3 Å². The second kappa shape index (κ2) is 6.79. The quantitative estimate of drug-likeness (QED) is 0.436. The molecule has 1 amide bonds. The maximum Gasteiger partial charge on any atom is 0.224 e. The Kier molecular flexibility index (Phi) is 3.98. The SMILES string of the molecule is CCC(=O)Nc1cncc(-c2cnc3[nH]nc(-c4nc5cccnc5[nH]4)c3c2)c1. The van der Waals surface area contributed by atoms with Crippen LogP contribution in [0.4, 0.5) is 5.69 Å². The third-order valence-corrected chi connectivity index (χ3v) is 4.57. The van der Waals surface area contributed by atoms with Crippen molar-refractivity contribution in [2.24, 2.45) is 0 Å². The number of anilines is 1. The number of imidazole rings is 1. The fraction of sp³-hybridized carbons (Fsp3) is 0.100. The van der Waals surface area contributed by atoms with Gasteiger partial charge in [-0.3, -0.25) is 14.9 Å². The Morgan fingerprint density at radius 1 is 1.10 bits per heavy atom. The number of hydrogen-bond acceptors (Lipinski definition) is 6. The summed E-state index contributed by atoms with van der Waals surface area (Å²) in [5.74, 6) is 0.555. The first-order chi connectivity index (χ1) is 14.2. The summed E-state index contributed by atoms with van der Waals surface area (Å²) >= 11 is 0. The van der Waals surface area contributed by atoms with Crippen molar-refractivity contribution in [1.29, 1.82) is 0 Å². The van der Waals surface area contributed by atoms with E-state index in [9.17, 15) is 4.79 Å². The molecule has 5 heterocycles. The van der Waals surface area contributed by atoms with E-state index in [2.05, 4.69) is 40.4 Å². The Morgan fingerprint density at radius 3 is 2.86 bits per heavy atom. The van der Waals surface area contributed by atoms with E-state index in [1.165, 1.54) is 0 Å². The van der Waals surface area contributed by atoms with Crippen LogP contribution >= 0.6 is 0 Å². The molecule has 3 N–H and O–H groups in total. The number of aromatic nitrogens is 7. The highest BCUT2D eigenvalue weighted by atomic mass is 16.1. The van der Waals surface area contributed by atoms with Crippen molar-refractivity contribution < 1.29 is 4.79 Å². The molecule has 0 aliphatic rings. The van der Waals surface area contributed by atoms with Gasteiger partial charge in [-0.25, -0.2) is 15.0 Å². The lowest BCUT2D eigenvalue weighted by molar-refractivity contribution is -0.115. The highest BCUT2D eigenvalue weighted by Crippen LogP contribution is 2.29. The number of H-pyrrole nitrogens is 2. The highest BCUT2D eigenvalue weighted by Gasteiger charge is 2.15. The third kappa shape index (κ3) is 3.08. The molecule has 0 fully saturated rings. The van der Waals surface area contributed by atoms with Crippen molar-refractivity contribution in [3.05, 3.63) is 49.1 Å². The van der Waals surface area contributed by atoms with Crippen LogP contribution in [0.25, 0.3) is 44.8 Å². The zero-order valence-corrected chi connectivity index (χ0v) is 15.5. The van der Waals surface area contributed by atoms with E-state index in [4.69, 9.17) is 0 Å². The summed E-state index contributed by atoms with van der Waals surface area (Å²) in [5, 5.41) is 11.0. The zero-order valence-electron chi connectivity index (χ0n) is 15.5. The largest absolute Gasteiger partial charge is 0.325 e. The van der Waals surface area contributed by atoms with Gasteiger partial charge in [0.05, 0.1) is 17.3 Å². The molecule has 5 rings (SSSR count). The fourth-order valence-electron chi connectivity index (χ4n) is 3.11. The van der Waals surface area contributed by atoms with Gasteiger partial charge in [-0.2, -0.15) is 5.10 Å². The molecule has 9 heteroatoms. The molecule has 0 unspecified atom stereocenters. The third-order valence-electron chi connectivity index (χ3n) is 4.57. The predicted octanol–water partition coefficient (Wildman–Crippen LogP) is 3.31. The van der Waals surface area contributed by atoms with E-state index >= 15 is 0 Å². The van der Waals surface area contributed by atoms with Gasteiger partial charge in [0.25, 0.3) is 0 Å². The molecule has 5 aromatic heterocycles. The number of aromatic amines is 2. The number of carbonyl (C=O) groups excluding carboxylic acids is 1. The van der Waals surface area contributed by atoms with Crippen LogP contribution in [-0.4, -0.2) is 41.0 Å². The van der Waals surface area contributed by atoms with E-state index in [-0.39, 0.29) is 5.91 Å². The van der Waals surface area contributed by atoms with Gasteiger partial charge >= 0.3 is 0 Å². The van der Waals surface area contributed by atoms with Crippen LogP contribution in [0.3, 0.4) is 0 Å². The average Bonchev–Trinajstić information content (AvgIpc) is 3.37. The number of nitrogens with one attached hydrogen (secondary N) is 3. The highest BCUT2D eigenvalue weighted by molar-refractivity contribution is 5.94. The molecule has 0 saturated carbocycles. The molecule has 9 nitrogen and oxygen atoms in total. The Hall–Kier alpha value is -4.14. The number of carbonyl (C=O) groups is 1. The van der Waals surface area contributed by atoms with Gasteiger partial charge in [-0.15, -0.1) is 0 Å². The first-order valence-electron chi connectivity index (χ1n) is 9.12. The second-order valence-corrected chi connectivity index (χ2v) is 6.51. The Balaban J connectivity index is 1.58. The van der Waals surface area contributed by atoms with Crippen LogP contribution in [-0.2, 0) is 4.79 Å². The molecular formula is C20H16N8O. The summed E-state index contributed by atoms with van der Waals surface area (Å²) in [7, 11) is 0. The first kappa shape index (κ1) is 17.0. The van der Waals surface area contributed by atoms with Gasteiger partial charge in [-0.1, -0.05) is 6.92 Å². The van der Waals surface area contributed by atoms with Crippen LogP contribution in [0, 0.1) is 0 Å². The Morgan fingerprint density at radius 2 is 2.00 bits per heavy atom. The van der Waals surface area contributed by atoms with Crippen LogP contribution in [0.2, 0.25) is 0 Å². The molecule has 0 radical (unpaired) electrons. The molecule has 0 atom stereocenters. The summed E-state index contributed by atoms with van der Waals surface area (Å²) in [6.45, 7) is 1.80.